The number of benzene rings is 2. The van der Waals surface area contributed by atoms with Crippen molar-refractivity contribution in [3.8, 4) is 11.5 Å². The monoisotopic (exact) mass is 353 g/mol. The van der Waals surface area contributed by atoms with Gasteiger partial charge >= 0.3 is 6.03 Å². The van der Waals surface area contributed by atoms with E-state index in [0.717, 1.165) is 43.4 Å². The minimum absolute atomic E-state index is 0.0174. The minimum atomic E-state index is -0.206. The molecule has 0 atom stereocenters. The van der Waals surface area contributed by atoms with E-state index >= 15 is 0 Å². The number of para-hydroxylation sites is 1. The molecule has 0 unspecified atom stereocenters. The van der Waals surface area contributed by atoms with Gasteiger partial charge in [-0.3, -0.25) is 0 Å². The molecule has 1 N–H and O–H groups in total. The summed E-state index contributed by atoms with van der Waals surface area (Å²) in [5, 5.41) is 3.03. The normalized spacial score (nSPS) is 14.9. The average molecular weight is 353 g/mol. The van der Waals surface area contributed by atoms with Crippen molar-refractivity contribution >= 4 is 11.7 Å². The number of piperazine rings is 1. The van der Waals surface area contributed by atoms with Crippen molar-refractivity contribution in [1.82, 2.24) is 10.2 Å². The third kappa shape index (κ3) is 4.91. The molecule has 5 heteroatoms. The summed E-state index contributed by atoms with van der Waals surface area (Å²) in [4.78, 5) is 16.4. The van der Waals surface area contributed by atoms with E-state index in [1.165, 1.54) is 0 Å². The fraction of sp³-hybridized carbons (Fsp3) is 0.381. The van der Waals surface area contributed by atoms with Crippen LogP contribution in [-0.4, -0.2) is 42.6 Å². The molecule has 3 rings (SSSR count). The first kappa shape index (κ1) is 18.1. The van der Waals surface area contributed by atoms with Gasteiger partial charge in [0.15, 0.2) is 0 Å². The van der Waals surface area contributed by atoms with Crippen molar-refractivity contribution in [1.29, 1.82) is 0 Å². The van der Waals surface area contributed by atoms with Crippen LogP contribution in [0.25, 0.3) is 0 Å². The number of rotatable bonds is 3. The lowest BCUT2D eigenvalue weighted by molar-refractivity contribution is 0.185. The van der Waals surface area contributed by atoms with Gasteiger partial charge in [-0.15, -0.1) is 0 Å². The molecule has 0 aliphatic carbocycles. The molecule has 2 aromatic rings. The molecule has 0 radical (unpaired) electrons. The molecule has 5 nitrogen and oxygen atoms in total. The van der Waals surface area contributed by atoms with Gasteiger partial charge in [-0.1, -0.05) is 18.2 Å². The van der Waals surface area contributed by atoms with Gasteiger partial charge in [-0.25, -0.2) is 4.79 Å². The van der Waals surface area contributed by atoms with Crippen LogP contribution in [0, 0.1) is 0 Å². The summed E-state index contributed by atoms with van der Waals surface area (Å²) in [5.41, 5.74) is 0.948. The first-order chi connectivity index (χ1) is 12.4. The number of anilines is 1. The van der Waals surface area contributed by atoms with Crippen molar-refractivity contribution in [3.05, 3.63) is 54.6 Å². The summed E-state index contributed by atoms with van der Waals surface area (Å²) in [6, 6.07) is 17.9. The van der Waals surface area contributed by atoms with Gasteiger partial charge in [0, 0.05) is 37.4 Å². The van der Waals surface area contributed by atoms with Crippen LogP contribution in [0.3, 0.4) is 0 Å². The van der Waals surface area contributed by atoms with Crippen LogP contribution in [0.2, 0.25) is 0 Å². The maximum atomic E-state index is 12.3. The quantitative estimate of drug-likeness (QED) is 0.903. The van der Waals surface area contributed by atoms with Crippen molar-refractivity contribution in [2.45, 2.75) is 26.3 Å². The Morgan fingerprint density at radius 1 is 0.885 bits per heavy atom. The average Bonchev–Trinajstić information content (AvgIpc) is 2.62. The highest BCUT2D eigenvalue weighted by atomic mass is 16.5. The predicted octanol–water partition coefficient (Wildman–Crippen LogP) is 4.11. The molecule has 1 fully saturated rings. The van der Waals surface area contributed by atoms with Gasteiger partial charge in [0.1, 0.15) is 11.5 Å². The third-order valence-corrected chi connectivity index (χ3v) is 4.23. The van der Waals surface area contributed by atoms with Crippen LogP contribution in [0.4, 0.5) is 10.5 Å². The van der Waals surface area contributed by atoms with E-state index in [2.05, 4.69) is 22.3 Å². The van der Waals surface area contributed by atoms with E-state index in [0.29, 0.717) is 0 Å². The molecule has 26 heavy (non-hydrogen) atoms. The van der Waals surface area contributed by atoms with Crippen LogP contribution in [0.15, 0.2) is 54.6 Å². The second-order valence-electron chi connectivity index (χ2n) is 7.56. The maximum absolute atomic E-state index is 12.3. The Hall–Kier alpha value is -2.69. The summed E-state index contributed by atoms with van der Waals surface area (Å²) in [6.07, 6.45) is 0. The Balaban J connectivity index is 1.54. The maximum Gasteiger partial charge on any atom is 0.317 e. The summed E-state index contributed by atoms with van der Waals surface area (Å²) in [5.74, 6) is 1.65. The Morgan fingerprint density at radius 2 is 1.46 bits per heavy atom. The van der Waals surface area contributed by atoms with E-state index in [1.54, 1.807) is 0 Å². The lowest BCUT2D eigenvalue weighted by Crippen LogP contribution is -2.55. The molecule has 1 aliphatic rings. The number of hydrogen-bond acceptors (Lipinski definition) is 3. The number of nitrogens with one attached hydrogen (secondary N) is 1. The van der Waals surface area contributed by atoms with Gasteiger partial charge in [0.25, 0.3) is 0 Å². The molecule has 0 spiro atoms. The van der Waals surface area contributed by atoms with Gasteiger partial charge in [-0.05, 0) is 57.2 Å². The van der Waals surface area contributed by atoms with Gasteiger partial charge in [0.05, 0.1) is 0 Å². The summed E-state index contributed by atoms with van der Waals surface area (Å²) >= 11 is 0. The Kier molecular flexibility index (Phi) is 5.35. The van der Waals surface area contributed by atoms with Crippen LogP contribution in [0.5, 0.6) is 11.5 Å². The van der Waals surface area contributed by atoms with Crippen molar-refractivity contribution in [2.24, 2.45) is 0 Å². The van der Waals surface area contributed by atoms with Gasteiger partial charge in [-0.2, -0.15) is 0 Å². The van der Waals surface area contributed by atoms with Gasteiger partial charge < -0.3 is 19.9 Å². The first-order valence-electron chi connectivity index (χ1n) is 9.06. The zero-order valence-electron chi connectivity index (χ0n) is 15.7. The highest BCUT2D eigenvalue weighted by molar-refractivity contribution is 5.75. The Morgan fingerprint density at radius 3 is 2.04 bits per heavy atom. The van der Waals surface area contributed by atoms with Crippen molar-refractivity contribution in [2.75, 3.05) is 31.1 Å². The summed E-state index contributed by atoms with van der Waals surface area (Å²) in [6.45, 7) is 9.11. The topological polar surface area (TPSA) is 44.8 Å². The van der Waals surface area contributed by atoms with Crippen LogP contribution in [0.1, 0.15) is 20.8 Å². The predicted molar refractivity (Wildman–Crippen MR) is 105 cm³/mol. The number of nitrogens with zero attached hydrogens (tertiary/aromatic N) is 2. The molecule has 0 bridgehead atoms. The second-order valence-corrected chi connectivity index (χ2v) is 7.56. The second kappa shape index (κ2) is 7.68. The van der Waals surface area contributed by atoms with Crippen LogP contribution < -0.4 is 15.0 Å². The number of urea groups is 1. The third-order valence-electron chi connectivity index (χ3n) is 4.23. The van der Waals surface area contributed by atoms with E-state index in [9.17, 15) is 4.79 Å². The highest BCUT2D eigenvalue weighted by Gasteiger charge is 2.24. The number of ether oxygens (including phenoxy) is 1. The van der Waals surface area contributed by atoms with E-state index < -0.39 is 0 Å². The number of hydrogen-bond donors (Lipinski definition) is 1. The number of carbonyl (C=O) groups is 1. The molecule has 0 aromatic heterocycles. The minimum Gasteiger partial charge on any atom is -0.457 e. The lowest BCUT2D eigenvalue weighted by atomic mass is 10.1. The molecule has 138 valence electrons. The van der Waals surface area contributed by atoms with E-state index in [1.807, 2.05) is 68.1 Å². The summed E-state index contributed by atoms with van der Waals surface area (Å²) < 4.78 is 5.84. The van der Waals surface area contributed by atoms with Gasteiger partial charge in [0.2, 0.25) is 0 Å². The van der Waals surface area contributed by atoms with Crippen LogP contribution >= 0.6 is 0 Å². The molecule has 1 saturated heterocycles. The van der Waals surface area contributed by atoms with Crippen molar-refractivity contribution < 1.29 is 9.53 Å². The van der Waals surface area contributed by atoms with E-state index in [4.69, 9.17) is 4.74 Å². The fourth-order valence-electron chi connectivity index (χ4n) is 2.92. The smallest absolute Gasteiger partial charge is 0.317 e. The number of carbonyl (C=O) groups excluding carboxylic acids is 1. The molecule has 2 aromatic carbocycles. The van der Waals surface area contributed by atoms with E-state index in [-0.39, 0.29) is 11.6 Å². The Bertz CT molecular complexity index is 715. The lowest BCUT2D eigenvalue weighted by Gasteiger charge is -2.37. The highest BCUT2D eigenvalue weighted by Crippen LogP contribution is 2.25. The van der Waals surface area contributed by atoms with Crippen molar-refractivity contribution in [3.63, 3.8) is 0 Å². The molecular formula is C21H27N3O2. The standard InChI is InChI=1S/C21H27N3O2/c1-21(2,3)22-20(25)24-15-13-23(14-16-24)17-9-11-19(12-10-17)26-18-7-5-4-6-8-18/h4-12H,13-16H2,1-3H3,(H,22,25). The first-order valence-corrected chi connectivity index (χ1v) is 9.06. The summed E-state index contributed by atoms with van der Waals surface area (Å²) in [7, 11) is 0. The molecule has 0 saturated carbocycles. The SMILES string of the molecule is CC(C)(C)NC(=O)N1CCN(c2ccc(Oc3ccccc3)cc2)CC1. The number of amides is 2. The molecule has 1 aliphatic heterocycles. The molecule has 2 amide bonds. The Labute approximate surface area is 155 Å². The zero-order valence-corrected chi connectivity index (χ0v) is 15.7. The molecular weight excluding hydrogens is 326 g/mol. The largest absolute Gasteiger partial charge is 0.457 e. The zero-order chi connectivity index (χ0) is 18.6. The fourth-order valence-corrected chi connectivity index (χ4v) is 2.92. The van der Waals surface area contributed by atoms with Crippen LogP contribution in [-0.2, 0) is 0 Å². The molecule has 1 heterocycles.